The van der Waals surface area contributed by atoms with Gasteiger partial charge in [0, 0.05) is 17.2 Å². The summed E-state index contributed by atoms with van der Waals surface area (Å²) in [7, 11) is 0. The molecule has 0 aliphatic carbocycles. The Kier molecular flexibility index (Phi) is 5.06. The minimum Gasteiger partial charge on any atom is -0.480 e. The van der Waals surface area contributed by atoms with Crippen molar-refractivity contribution in [2.24, 2.45) is 0 Å². The molecule has 1 aliphatic heterocycles. The third kappa shape index (κ3) is 3.18. The third-order valence-corrected chi connectivity index (χ3v) is 4.55. The van der Waals surface area contributed by atoms with Gasteiger partial charge in [-0.1, -0.05) is 18.7 Å². The number of likely N-dealkylation sites (tertiary alicyclic amines) is 1. The average Bonchev–Trinajstić information content (AvgIpc) is 3.28. The van der Waals surface area contributed by atoms with E-state index >= 15 is 0 Å². The van der Waals surface area contributed by atoms with Crippen molar-refractivity contribution in [2.75, 3.05) is 6.54 Å². The lowest BCUT2D eigenvalue weighted by atomic mass is 10.1. The van der Waals surface area contributed by atoms with Crippen LogP contribution in [0.2, 0.25) is 0 Å². The lowest BCUT2D eigenvalue weighted by molar-refractivity contribution is -0.141. The SMILES string of the molecule is C=Cc1ccc2c(O[C@@H]3C[C@@H](C(=O)O)N(C(=O)O)C3)nn3cnnc3c2c1.Cl. The zero-order valence-corrected chi connectivity index (χ0v) is 15.2. The Balaban J connectivity index is 0.00000225. The van der Waals surface area contributed by atoms with E-state index in [-0.39, 0.29) is 31.3 Å². The van der Waals surface area contributed by atoms with Crippen molar-refractivity contribution in [3.63, 3.8) is 0 Å². The summed E-state index contributed by atoms with van der Waals surface area (Å²) in [6, 6.07) is 4.38. The fraction of sp³-hybridized carbons (Fsp3) is 0.235. The van der Waals surface area contributed by atoms with Gasteiger partial charge in [0.25, 0.3) is 0 Å². The van der Waals surface area contributed by atoms with Gasteiger partial charge in [-0.3, -0.25) is 4.90 Å². The van der Waals surface area contributed by atoms with Crippen molar-refractivity contribution in [2.45, 2.75) is 18.6 Å². The first-order valence-electron chi connectivity index (χ1n) is 8.13. The minimum atomic E-state index is -1.30. The molecule has 1 aromatic carbocycles. The van der Waals surface area contributed by atoms with E-state index < -0.39 is 24.2 Å². The second-order valence-electron chi connectivity index (χ2n) is 6.18. The van der Waals surface area contributed by atoms with Gasteiger partial charge in [-0.15, -0.1) is 27.7 Å². The highest BCUT2D eigenvalue weighted by Gasteiger charge is 2.41. The van der Waals surface area contributed by atoms with Crippen LogP contribution in [-0.2, 0) is 4.79 Å². The molecule has 0 bridgehead atoms. The Morgan fingerprint density at radius 1 is 1.29 bits per heavy atom. The summed E-state index contributed by atoms with van der Waals surface area (Å²) in [6.45, 7) is 3.70. The van der Waals surface area contributed by atoms with E-state index in [4.69, 9.17) is 4.74 Å². The van der Waals surface area contributed by atoms with E-state index in [1.54, 1.807) is 6.08 Å². The van der Waals surface area contributed by atoms with E-state index in [1.807, 2.05) is 18.2 Å². The average molecular weight is 406 g/mol. The van der Waals surface area contributed by atoms with E-state index in [9.17, 15) is 19.8 Å². The maximum Gasteiger partial charge on any atom is 0.408 e. The van der Waals surface area contributed by atoms with Crippen LogP contribution < -0.4 is 4.74 Å². The molecule has 3 heterocycles. The van der Waals surface area contributed by atoms with Crippen LogP contribution >= 0.6 is 12.4 Å². The summed E-state index contributed by atoms with van der Waals surface area (Å²) in [5.74, 6) is -0.944. The number of amides is 1. The zero-order valence-electron chi connectivity index (χ0n) is 14.4. The number of halogens is 1. The fourth-order valence-corrected chi connectivity index (χ4v) is 3.27. The van der Waals surface area contributed by atoms with Crippen molar-refractivity contribution >= 4 is 47.0 Å². The molecule has 1 saturated heterocycles. The molecular weight excluding hydrogens is 390 g/mol. The highest BCUT2D eigenvalue weighted by atomic mass is 35.5. The number of ether oxygens (including phenoxy) is 1. The normalized spacial score (nSPS) is 18.8. The van der Waals surface area contributed by atoms with E-state index in [0.717, 1.165) is 15.8 Å². The molecular formula is C17H16ClN5O5. The molecule has 1 aliphatic rings. The summed E-state index contributed by atoms with van der Waals surface area (Å²) < 4.78 is 7.38. The minimum absolute atomic E-state index is 0. The molecule has 28 heavy (non-hydrogen) atoms. The Morgan fingerprint density at radius 2 is 2.07 bits per heavy atom. The van der Waals surface area contributed by atoms with Crippen LogP contribution in [0, 0.1) is 0 Å². The Bertz CT molecular complexity index is 1060. The van der Waals surface area contributed by atoms with Gasteiger partial charge in [-0.25, -0.2) is 9.59 Å². The summed E-state index contributed by atoms with van der Waals surface area (Å²) in [5.41, 5.74) is 1.43. The molecule has 3 aromatic rings. The highest BCUT2D eigenvalue weighted by molar-refractivity contribution is 5.97. The number of hydrogen-bond acceptors (Lipinski definition) is 6. The van der Waals surface area contributed by atoms with E-state index in [0.29, 0.717) is 11.0 Å². The smallest absolute Gasteiger partial charge is 0.408 e. The Morgan fingerprint density at radius 3 is 2.71 bits per heavy atom. The standard InChI is InChI=1S/C17H15N5O5.ClH/c1-2-9-3-4-11-12(5-9)14-19-18-8-22(14)20-15(11)27-10-6-13(16(23)24)21(7-10)17(25)26;/h2-5,8,10,13H,1,6-7H2,(H,23,24)(H,25,26);1H/t10-,13+;/m1./s1. The van der Waals surface area contributed by atoms with Crippen molar-refractivity contribution in [3.8, 4) is 5.88 Å². The van der Waals surface area contributed by atoms with E-state index in [1.165, 1.54) is 10.8 Å². The van der Waals surface area contributed by atoms with Gasteiger partial charge >= 0.3 is 12.1 Å². The van der Waals surface area contributed by atoms with Crippen molar-refractivity contribution in [1.82, 2.24) is 24.7 Å². The predicted octanol–water partition coefficient (Wildman–Crippen LogP) is 1.93. The third-order valence-electron chi connectivity index (χ3n) is 4.55. The molecule has 0 radical (unpaired) electrons. The maximum absolute atomic E-state index is 11.3. The number of carboxylic acids is 1. The molecule has 146 valence electrons. The van der Waals surface area contributed by atoms with Crippen LogP contribution in [0.4, 0.5) is 4.79 Å². The van der Waals surface area contributed by atoms with Gasteiger partial charge < -0.3 is 14.9 Å². The van der Waals surface area contributed by atoms with Crippen LogP contribution in [0.3, 0.4) is 0 Å². The second kappa shape index (κ2) is 7.31. The monoisotopic (exact) mass is 405 g/mol. The van der Waals surface area contributed by atoms with Gasteiger partial charge in [-0.2, -0.15) is 4.52 Å². The van der Waals surface area contributed by atoms with Crippen LogP contribution in [0.1, 0.15) is 12.0 Å². The number of fused-ring (bicyclic) bond motifs is 3. The summed E-state index contributed by atoms with van der Waals surface area (Å²) in [6.07, 6.45) is 1.24. The first-order valence-corrected chi connectivity index (χ1v) is 8.13. The van der Waals surface area contributed by atoms with Gasteiger partial charge in [0.15, 0.2) is 5.65 Å². The topological polar surface area (TPSA) is 130 Å². The molecule has 0 saturated carbocycles. The first kappa shape index (κ1) is 19.4. The molecule has 2 aromatic heterocycles. The van der Waals surface area contributed by atoms with Crippen molar-refractivity contribution in [3.05, 3.63) is 36.7 Å². The Hall–Kier alpha value is -3.40. The lowest BCUT2D eigenvalue weighted by Gasteiger charge is -2.16. The highest BCUT2D eigenvalue weighted by Crippen LogP contribution is 2.30. The summed E-state index contributed by atoms with van der Waals surface area (Å²) >= 11 is 0. The number of hydrogen-bond donors (Lipinski definition) is 2. The summed E-state index contributed by atoms with van der Waals surface area (Å²) in [4.78, 5) is 23.5. The molecule has 0 spiro atoms. The Labute approximate surface area is 164 Å². The largest absolute Gasteiger partial charge is 0.480 e. The van der Waals surface area contributed by atoms with Crippen LogP contribution in [0.5, 0.6) is 5.88 Å². The van der Waals surface area contributed by atoms with Crippen LogP contribution in [0.15, 0.2) is 31.1 Å². The number of aromatic nitrogens is 4. The van der Waals surface area contributed by atoms with Crippen molar-refractivity contribution < 1.29 is 24.5 Å². The number of carboxylic acid groups (broad SMARTS) is 2. The number of rotatable bonds is 4. The second-order valence-corrected chi connectivity index (χ2v) is 6.18. The molecule has 10 nitrogen and oxygen atoms in total. The molecule has 1 fully saturated rings. The number of benzene rings is 1. The van der Waals surface area contributed by atoms with Crippen molar-refractivity contribution in [1.29, 1.82) is 0 Å². The van der Waals surface area contributed by atoms with Crippen LogP contribution in [0.25, 0.3) is 22.5 Å². The van der Waals surface area contributed by atoms with Crippen LogP contribution in [-0.4, -0.2) is 65.7 Å². The molecule has 11 heteroatoms. The quantitative estimate of drug-likeness (QED) is 0.673. The summed E-state index contributed by atoms with van der Waals surface area (Å²) in [5, 5.41) is 32.2. The van der Waals surface area contributed by atoms with Gasteiger partial charge in [0.2, 0.25) is 5.88 Å². The van der Waals surface area contributed by atoms with Gasteiger partial charge in [0.05, 0.1) is 6.54 Å². The molecule has 1 amide bonds. The molecule has 2 N–H and O–H groups in total. The first-order chi connectivity index (χ1) is 13.0. The predicted molar refractivity (Wildman–Crippen MR) is 101 cm³/mol. The fourth-order valence-electron chi connectivity index (χ4n) is 3.27. The number of nitrogens with zero attached hydrogens (tertiary/aromatic N) is 5. The number of carbonyl (C=O) groups is 2. The van der Waals surface area contributed by atoms with E-state index in [2.05, 4.69) is 21.9 Å². The van der Waals surface area contributed by atoms with Gasteiger partial charge in [0.1, 0.15) is 18.5 Å². The maximum atomic E-state index is 11.3. The molecule has 2 atom stereocenters. The molecule has 0 unspecified atom stereocenters. The van der Waals surface area contributed by atoms with Gasteiger partial charge in [-0.05, 0) is 17.7 Å². The zero-order chi connectivity index (χ0) is 19.1. The number of aliphatic carboxylic acids is 1. The molecule has 4 rings (SSSR count). The lowest BCUT2D eigenvalue weighted by Crippen LogP contribution is -2.39.